The third-order valence-electron chi connectivity index (χ3n) is 3.40. The van der Waals surface area contributed by atoms with Gasteiger partial charge in [0.15, 0.2) is 6.04 Å². The van der Waals surface area contributed by atoms with Crippen molar-refractivity contribution in [2.75, 3.05) is 31.1 Å². The van der Waals surface area contributed by atoms with Crippen LogP contribution in [0.4, 0.5) is 10.1 Å². The fourth-order valence-electron chi connectivity index (χ4n) is 2.23. The Kier molecular flexibility index (Phi) is 3.60. The van der Waals surface area contributed by atoms with E-state index in [1.807, 2.05) is 19.1 Å². The molecule has 0 radical (unpaired) electrons. The van der Waals surface area contributed by atoms with Gasteiger partial charge in [0.25, 0.3) is 0 Å². The van der Waals surface area contributed by atoms with E-state index in [0.717, 1.165) is 31.9 Å². The van der Waals surface area contributed by atoms with Gasteiger partial charge in [0.1, 0.15) is 11.9 Å². The predicted molar refractivity (Wildman–Crippen MR) is 64.4 cm³/mol. The Morgan fingerprint density at radius 3 is 2.41 bits per heavy atom. The van der Waals surface area contributed by atoms with Crippen LogP contribution in [0.3, 0.4) is 0 Å². The lowest BCUT2D eigenvalue weighted by atomic mass is 10.2. The number of benzene rings is 1. The topological polar surface area (TPSA) is 31.5 Å². The minimum atomic E-state index is -0.198. The van der Waals surface area contributed by atoms with Crippen molar-refractivity contribution in [1.82, 2.24) is 0 Å². The molecule has 0 amide bonds. The van der Waals surface area contributed by atoms with Gasteiger partial charge in [-0.25, -0.2) is 4.39 Å². The van der Waals surface area contributed by atoms with E-state index in [1.165, 1.54) is 17.0 Å². The first-order valence-electron chi connectivity index (χ1n) is 5.95. The minimum absolute atomic E-state index is 0.0605. The number of nitriles is 1. The molecule has 1 heterocycles. The van der Waals surface area contributed by atoms with Gasteiger partial charge in [0.05, 0.1) is 26.2 Å². The van der Waals surface area contributed by atoms with Crippen LogP contribution in [0.25, 0.3) is 0 Å². The second-order valence-electron chi connectivity index (χ2n) is 4.47. The molecule has 0 aliphatic carbocycles. The van der Waals surface area contributed by atoms with Crippen molar-refractivity contribution in [3.8, 4) is 6.07 Å². The second kappa shape index (κ2) is 5.15. The number of nitrogens with zero attached hydrogens (tertiary/aromatic N) is 2. The molecule has 0 bridgehead atoms. The van der Waals surface area contributed by atoms with Gasteiger partial charge in [-0.3, -0.25) is 0 Å². The monoisotopic (exact) mass is 234 g/mol. The van der Waals surface area contributed by atoms with Gasteiger partial charge < -0.3 is 9.80 Å². The summed E-state index contributed by atoms with van der Waals surface area (Å²) in [7, 11) is 0. The van der Waals surface area contributed by atoms with Crippen LogP contribution < -0.4 is 9.80 Å². The van der Waals surface area contributed by atoms with Crippen LogP contribution in [0, 0.1) is 17.1 Å². The molecule has 3 nitrogen and oxygen atoms in total. The summed E-state index contributed by atoms with van der Waals surface area (Å²) in [5, 5.41) is 8.87. The molecule has 1 saturated heterocycles. The number of hydrogen-bond donors (Lipinski definition) is 1. The van der Waals surface area contributed by atoms with Gasteiger partial charge in [-0.2, -0.15) is 5.26 Å². The maximum atomic E-state index is 12.8. The van der Waals surface area contributed by atoms with Gasteiger partial charge in [0.2, 0.25) is 0 Å². The minimum Gasteiger partial charge on any atom is -0.360 e. The van der Waals surface area contributed by atoms with Crippen molar-refractivity contribution >= 4 is 5.69 Å². The highest BCUT2D eigenvalue weighted by Gasteiger charge is 2.24. The Bertz CT molecular complexity index is 402. The van der Waals surface area contributed by atoms with Gasteiger partial charge in [-0.15, -0.1) is 0 Å². The Labute approximate surface area is 101 Å². The third kappa shape index (κ3) is 2.75. The van der Waals surface area contributed by atoms with E-state index in [9.17, 15) is 4.39 Å². The summed E-state index contributed by atoms with van der Waals surface area (Å²) >= 11 is 0. The molecule has 0 spiro atoms. The zero-order valence-electron chi connectivity index (χ0n) is 9.99. The SMILES string of the molecule is C[C@H](C#N)[NH+]1CCN(c2ccc(F)cc2)CC1. The van der Waals surface area contributed by atoms with Crippen molar-refractivity contribution in [2.24, 2.45) is 0 Å². The van der Waals surface area contributed by atoms with E-state index in [0.29, 0.717) is 0 Å². The largest absolute Gasteiger partial charge is 0.360 e. The highest BCUT2D eigenvalue weighted by atomic mass is 19.1. The molecule has 1 atom stereocenters. The predicted octanol–water partition coefficient (Wildman–Crippen LogP) is 0.443. The highest BCUT2D eigenvalue weighted by Crippen LogP contribution is 2.14. The van der Waals surface area contributed by atoms with Crippen molar-refractivity contribution in [2.45, 2.75) is 13.0 Å². The summed E-state index contributed by atoms with van der Waals surface area (Å²) in [4.78, 5) is 3.58. The number of halogens is 1. The smallest absolute Gasteiger partial charge is 0.172 e. The average Bonchev–Trinajstić information content (AvgIpc) is 2.39. The number of rotatable bonds is 2. The number of hydrogen-bond acceptors (Lipinski definition) is 2. The quantitative estimate of drug-likeness (QED) is 0.805. The van der Waals surface area contributed by atoms with E-state index in [-0.39, 0.29) is 11.9 Å². The second-order valence-corrected chi connectivity index (χ2v) is 4.47. The Balaban J connectivity index is 1.95. The molecular weight excluding hydrogens is 217 g/mol. The third-order valence-corrected chi connectivity index (χ3v) is 3.40. The molecule has 1 aromatic carbocycles. The molecule has 17 heavy (non-hydrogen) atoms. The molecule has 1 aromatic rings. The van der Waals surface area contributed by atoms with Crippen molar-refractivity contribution in [3.05, 3.63) is 30.1 Å². The van der Waals surface area contributed by atoms with E-state index in [4.69, 9.17) is 5.26 Å². The molecular formula is C13H17FN3+. The molecule has 1 N–H and O–H groups in total. The fourth-order valence-corrected chi connectivity index (χ4v) is 2.23. The molecule has 0 unspecified atom stereocenters. The van der Waals surface area contributed by atoms with E-state index < -0.39 is 0 Å². The molecule has 1 aliphatic rings. The van der Waals surface area contributed by atoms with Crippen molar-refractivity contribution in [1.29, 1.82) is 5.26 Å². The molecule has 0 aromatic heterocycles. The van der Waals surface area contributed by atoms with Crippen LogP contribution in [-0.4, -0.2) is 32.2 Å². The lowest BCUT2D eigenvalue weighted by Crippen LogP contribution is -3.17. The average molecular weight is 234 g/mol. The molecule has 4 heteroatoms. The standard InChI is InChI=1S/C13H16FN3/c1-11(10-15)16-6-8-17(9-7-16)13-4-2-12(14)3-5-13/h2-5,11H,6-9H2,1H3/p+1/t11-/m1/s1. The lowest BCUT2D eigenvalue weighted by Gasteiger charge is -2.34. The summed E-state index contributed by atoms with van der Waals surface area (Å²) in [5.41, 5.74) is 1.06. The summed E-state index contributed by atoms with van der Waals surface area (Å²) in [6.45, 7) is 5.74. The molecule has 0 saturated carbocycles. The van der Waals surface area contributed by atoms with Crippen LogP contribution in [0.2, 0.25) is 0 Å². The molecule has 1 aliphatic heterocycles. The first-order valence-corrected chi connectivity index (χ1v) is 5.95. The molecule has 90 valence electrons. The Morgan fingerprint density at radius 1 is 1.29 bits per heavy atom. The van der Waals surface area contributed by atoms with Crippen LogP contribution >= 0.6 is 0 Å². The van der Waals surface area contributed by atoms with Gasteiger partial charge in [-0.05, 0) is 24.3 Å². The molecule has 2 rings (SSSR count). The number of anilines is 1. The number of piperazine rings is 1. The summed E-state index contributed by atoms with van der Waals surface area (Å²) in [6.07, 6.45) is 0. The van der Waals surface area contributed by atoms with Crippen LogP contribution in [0.15, 0.2) is 24.3 Å². The summed E-state index contributed by atoms with van der Waals surface area (Å²) in [5.74, 6) is -0.198. The first-order chi connectivity index (χ1) is 8.20. The molecule has 1 fully saturated rings. The van der Waals surface area contributed by atoms with Crippen LogP contribution in [0.5, 0.6) is 0 Å². The highest BCUT2D eigenvalue weighted by molar-refractivity contribution is 5.46. The zero-order valence-corrected chi connectivity index (χ0v) is 9.99. The first kappa shape index (κ1) is 11.9. The van der Waals surface area contributed by atoms with E-state index in [1.54, 1.807) is 0 Å². The maximum Gasteiger partial charge on any atom is 0.172 e. The number of quaternary nitrogens is 1. The van der Waals surface area contributed by atoms with E-state index >= 15 is 0 Å². The summed E-state index contributed by atoms with van der Waals surface area (Å²) in [6, 6.07) is 8.96. The van der Waals surface area contributed by atoms with Gasteiger partial charge >= 0.3 is 0 Å². The Hall–Kier alpha value is -1.60. The van der Waals surface area contributed by atoms with Crippen molar-refractivity contribution in [3.63, 3.8) is 0 Å². The van der Waals surface area contributed by atoms with Crippen LogP contribution in [-0.2, 0) is 0 Å². The summed E-state index contributed by atoms with van der Waals surface area (Å²) < 4.78 is 12.8. The zero-order chi connectivity index (χ0) is 12.3. The van der Waals surface area contributed by atoms with E-state index in [2.05, 4.69) is 11.0 Å². The lowest BCUT2D eigenvalue weighted by molar-refractivity contribution is -0.915. The number of nitrogens with one attached hydrogen (secondary N) is 1. The fraction of sp³-hybridized carbons (Fsp3) is 0.462. The van der Waals surface area contributed by atoms with Crippen molar-refractivity contribution < 1.29 is 9.29 Å². The van der Waals surface area contributed by atoms with Gasteiger partial charge in [0, 0.05) is 12.6 Å². The Morgan fingerprint density at radius 2 is 1.88 bits per heavy atom. The normalized spacial score (nSPS) is 18.8. The van der Waals surface area contributed by atoms with Gasteiger partial charge in [-0.1, -0.05) is 0 Å². The van der Waals surface area contributed by atoms with Crippen LogP contribution in [0.1, 0.15) is 6.92 Å². The maximum absolute atomic E-state index is 12.8.